The Morgan fingerprint density at radius 3 is 3.12 bits per heavy atom. The van der Waals surface area contributed by atoms with Crippen molar-refractivity contribution in [3.05, 3.63) is 11.4 Å². The van der Waals surface area contributed by atoms with Gasteiger partial charge in [-0.25, -0.2) is 9.48 Å². The predicted octanol–water partition coefficient (Wildman–Crippen LogP) is -0.0174. The number of nitrogens with one attached hydrogen (secondary N) is 1. The van der Waals surface area contributed by atoms with Gasteiger partial charge in [0.2, 0.25) is 0 Å². The van der Waals surface area contributed by atoms with Gasteiger partial charge >= 0.3 is 5.97 Å². The second kappa shape index (κ2) is 4.61. The molecule has 0 aliphatic carbocycles. The van der Waals surface area contributed by atoms with Crippen LogP contribution >= 0.6 is 0 Å². The molecular weight excluding hydrogens is 208 g/mol. The maximum absolute atomic E-state index is 11.3. The number of methoxy groups -OCH3 is 1. The zero-order valence-electron chi connectivity index (χ0n) is 9.56. The molecule has 0 saturated carbocycles. The first kappa shape index (κ1) is 11.1. The summed E-state index contributed by atoms with van der Waals surface area (Å²) < 4.78 is 6.41. The van der Waals surface area contributed by atoms with Crippen molar-refractivity contribution >= 4 is 5.97 Å². The zero-order chi connectivity index (χ0) is 11.5. The topological polar surface area (TPSA) is 69.0 Å². The van der Waals surface area contributed by atoms with Gasteiger partial charge in [0.15, 0.2) is 5.69 Å². The second-order valence-electron chi connectivity index (χ2n) is 4.06. The number of rotatable bonds is 3. The van der Waals surface area contributed by atoms with Crippen LogP contribution in [0.15, 0.2) is 0 Å². The number of nitrogens with zero attached hydrogens (tertiary/aromatic N) is 3. The summed E-state index contributed by atoms with van der Waals surface area (Å²) in [5.74, 6) is 0.152. The van der Waals surface area contributed by atoms with Gasteiger partial charge in [-0.15, -0.1) is 5.10 Å². The Hall–Kier alpha value is -1.43. The molecule has 1 aliphatic heterocycles. The number of hydrogen-bond donors (Lipinski definition) is 1. The van der Waals surface area contributed by atoms with Crippen molar-refractivity contribution in [2.75, 3.05) is 20.2 Å². The van der Waals surface area contributed by atoms with E-state index in [0.717, 1.165) is 31.7 Å². The fourth-order valence-electron chi connectivity index (χ4n) is 1.93. The van der Waals surface area contributed by atoms with Crippen LogP contribution in [0.3, 0.4) is 0 Å². The van der Waals surface area contributed by atoms with Crippen LogP contribution in [0.1, 0.15) is 22.6 Å². The van der Waals surface area contributed by atoms with E-state index in [4.69, 9.17) is 0 Å². The molecule has 88 valence electrons. The fourth-order valence-corrected chi connectivity index (χ4v) is 1.93. The van der Waals surface area contributed by atoms with Crippen LogP contribution in [0.25, 0.3) is 0 Å². The summed E-state index contributed by atoms with van der Waals surface area (Å²) in [5, 5.41) is 11.1. The quantitative estimate of drug-likeness (QED) is 0.731. The van der Waals surface area contributed by atoms with Crippen LogP contribution in [-0.4, -0.2) is 41.2 Å². The number of ether oxygens (including phenoxy) is 1. The van der Waals surface area contributed by atoms with Gasteiger partial charge in [-0.2, -0.15) is 0 Å². The van der Waals surface area contributed by atoms with Gasteiger partial charge in [0.05, 0.1) is 12.8 Å². The van der Waals surface area contributed by atoms with Crippen LogP contribution in [-0.2, 0) is 11.3 Å². The highest BCUT2D eigenvalue weighted by Crippen LogP contribution is 2.13. The SMILES string of the molecule is COC(=O)c1nnn(CC2CCNC2)c1C. The minimum atomic E-state index is -0.423. The van der Waals surface area contributed by atoms with Gasteiger partial charge in [0.25, 0.3) is 0 Å². The highest BCUT2D eigenvalue weighted by atomic mass is 16.5. The summed E-state index contributed by atoms with van der Waals surface area (Å²) in [5.41, 5.74) is 1.09. The summed E-state index contributed by atoms with van der Waals surface area (Å²) in [6.07, 6.45) is 1.15. The first-order valence-corrected chi connectivity index (χ1v) is 5.41. The number of carbonyl (C=O) groups is 1. The van der Waals surface area contributed by atoms with Gasteiger partial charge < -0.3 is 10.1 Å². The van der Waals surface area contributed by atoms with Crippen LogP contribution in [0.2, 0.25) is 0 Å². The Bertz CT molecular complexity index is 382. The molecule has 0 aromatic carbocycles. The molecule has 16 heavy (non-hydrogen) atoms. The summed E-state index contributed by atoms with van der Waals surface area (Å²) in [7, 11) is 1.35. The normalized spacial score (nSPS) is 20.0. The lowest BCUT2D eigenvalue weighted by atomic mass is 10.1. The Labute approximate surface area is 94.0 Å². The van der Waals surface area contributed by atoms with Gasteiger partial charge in [-0.3, -0.25) is 0 Å². The molecule has 0 radical (unpaired) electrons. The molecule has 6 nitrogen and oxygen atoms in total. The third-order valence-electron chi connectivity index (χ3n) is 2.95. The molecule has 0 amide bonds. The molecule has 1 aromatic rings. The molecule has 1 fully saturated rings. The highest BCUT2D eigenvalue weighted by Gasteiger charge is 2.20. The van der Waals surface area contributed by atoms with E-state index in [1.165, 1.54) is 7.11 Å². The average Bonchev–Trinajstić information content (AvgIpc) is 2.90. The van der Waals surface area contributed by atoms with E-state index in [1.54, 1.807) is 4.68 Å². The Kier molecular flexibility index (Phi) is 3.19. The van der Waals surface area contributed by atoms with Gasteiger partial charge in [0, 0.05) is 6.54 Å². The molecule has 1 N–H and O–H groups in total. The summed E-state index contributed by atoms with van der Waals surface area (Å²) >= 11 is 0. The predicted molar refractivity (Wildman–Crippen MR) is 57.1 cm³/mol. The van der Waals surface area contributed by atoms with Crippen LogP contribution in [0.5, 0.6) is 0 Å². The third kappa shape index (κ3) is 2.06. The second-order valence-corrected chi connectivity index (χ2v) is 4.06. The molecular formula is C10H16N4O2. The van der Waals surface area contributed by atoms with Crippen LogP contribution in [0, 0.1) is 12.8 Å². The fraction of sp³-hybridized carbons (Fsp3) is 0.700. The smallest absolute Gasteiger partial charge is 0.360 e. The molecule has 1 aromatic heterocycles. The molecule has 1 unspecified atom stereocenters. The molecule has 2 heterocycles. The lowest BCUT2D eigenvalue weighted by molar-refractivity contribution is 0.0593. The standard InChI is InChI=1S/C10H16N4O2/c1-7-9(10(15)16-2)12-13-14(7)6-8-3-4-11-5-8/h8,11H,3-6H2,1-2H3. The van der Waals surface area contributed by atoms with Crippen molar-refractivity contribution < 1.29 is 9.53 Å². The van der Waals surface area contributed by atoms with E-state index in [2.05, 4.69) is 20.4 Å². The van der Waals surface area contributed by atoms with E-state index < -0.39 is 5.97 Å². The molecule has 1 saturated heterocycles. The summed E-state index contributed by atoms with van der Waals surface area (Å²) in [6, 6.07) is 0. The number of hydrogen-bond acceptors (Lipinski definition) is 5. The van der Waals surface area contributed by atoms with Crippen molar-refractivity contribution in [2.45, 2.75) is 19.9 Å². The van der Waals surface area contributed by atoms with Crippen LogP contribution in [0.4, 0.5) is 0 Å². The van der Waals surface area contributed by atoms with Gasteiger partial charge in [-0.05, 0) is 32.4 Å². The van der Waals surface area contributed by atoms with E-state index in [9.17, 15) is 4.79 Å². The molecule has 1 aliphatic rings. The van der Waals surface area contributed by atoms with E-state index >= 15 is 0 Å². The molecule has 2 rings (SSSR count). The molecule has 0 spiro atoms. The Morgan fingerprint density at radius 1 is 1.69 bits per heavy atom. The zero-order valence-corrected chi connectivity index (χ0v) is 9.56. The first-order chi connectivity index (χ1) is 7.72. The highest BCUT2D eigenvalue weighted by molar-refractivity contribution is 5.88. The van der Waals surface area contributed by atoms with Crippen LogP contribution < -0.4 is 5.32 Å². The lowest BCUT2D eigenvalue weighted by Gasteiger charge is -2.08. The minimum absolute atomic E-state index is 0.313. The maximum atomic E-state index is 11.3. The Morgan fingerprint density at radius 2 is 2.50 bits per heavy atom. The monoisotopic (exact) mass is 224 g/mol. The van der Waals surface area contributed by atoms with Crippen molar-refractivity contribution in [1.82, 2.24) is 20.3 Å². The number of carbonyl (C=O) groups excluding carboxylic acids is 1. The number of aromatic nitrogens is 3. The van der Waals surface area contributed by atoms with Gasteiger partial charge in [-0.1, -0.05) is 5.21 Å². The largest absolute Gasteiger partial charge is 0.464 e. The maximum Gasteiger partial charge on any atom is 0.360 e. The lowest BCUT2D eigenvalue weighted by Crippen LogP contribution is -2.16. The molecule has 6 heteroatoms. The number of esters is 1. The van der Waals surface area contributed by atoms with Gasteiger partial charge in [0.1, 0.15) is 0 Å². The Balaban J connectivity index is 2.10. The summed E-state index contributed by atoms with van der Waals surface area (Å²) in [4.78, 5) is 11.3. The molecule has 1 atom stereocenters. The third-order valence-corrected chi connectivity index (χ3v) is 2.95. The van der Waals surface area contributed by atoms with E-state index in [0.29, 0.717) is 11.6 Å². The van der Waals surface area contributed by atoms with Crippen molar-refractivity contribution in [3.8, 4) is 0 Å². The molecule has 0 bridgehead atoms. The summed E-state index contributed by atoms with van der Waals surface area (Å²) in [6.45, 7) is 4.71. The van der Waals surface area contributed by atoms with Crippen molar-refractivity contribution in [2.24, 2.45) is 5.92 Å². The van der Waals surface area contributed by atoms with Crippen molar-refractivity contribution in [3.63, 3.8) is 0 Å². The van der Waals surface area contributed by atoms with E-state index in [1.807, 2.05) is 6.92 Å². The average molecular weight is 224 g/mol. The van der Waals surface area contributed by atoms with E-state index in [-0.39, 0.29) is 0 Å². The minimum Gasteiger partial charge on any atom is -0.464 e. The van der Waals surface area contributed by atoms with Crippen molar-refractivity contribution in [1.29, 1.82) is 0 Å². The first-order valence-electron chi connectivity index (χ1n) is 5.41.